The molecule has 2 rings (SSSR count). The van der Waals surface area contributed by atoms with Crippen LogP contribution in [0.25, 0.3) is 0 Å². The number of anilines is 2. The van der Waals surface area contributed by atoms with E-state index in [1.54, 1.807) is 0 Å². The van der Waals surface area contributed by atoms with Crippen LogP contribution in [0.2, 0.25) is 0 Å². The van der Waals surface area contributed by atoms with Crippen LogP contribution < -0.4 is 16.2 Å². The van der Waals surface area contributed by atoms with Gasteiger partial charge in [-0.3, -0.25) is 21.0 Å². The highest BCUT2D eigenvalue weighted by molar-refractivity contribution is 9.10. The van der Waals surface area contributed by atoms with E-state index in [2.05, 4.69) is 32.1 Å². The van der Waals surface area contributed by atoms with Crippen molar-refractivity contribution in [3.8, 4) is 0 Å². The van der Waals surface area contributed by atoms with Gasteiger partial charge in [0.05, 0.1) is 10.6 Å². The van der Waals surface area contributed by atoms with Crippen LogP contribution in [0.4, 0.5) is 26.2 Å². The van der Waals surface area contributed by atoms with Crippen molar-refractivity contribution in [3.05, 3.63) is 62.9 Å². The molecule has 0 spiro atoms. The van der Waals surface area contributed by atoms with Crippen molar-refractivity contribution < 1.29 is 14.1 Å². The summed E-state index contributed by atoms with van der Waals surface area (Å²) in [6, 6.07) is 8.73. The van der Waals surface area contributed by atoms with Gasteiger partial charge in [0.15, 0.2) is 0 Å². The lowest BCUT2D eigenvalue weighted by atomic mass is 10.3. The summed E-state index contributed by atoms with van der Waals surface area (Å²) < 4.78 is 13.4. The lowest BCUT2D eigenvalue weighted by Gasteiger charge is -2.11. The van der Waals surface area contributed by atoms with Gasteiger partial charge in [0.25, 0.3) is 5.69 Å². The third-order valence-corrected chi connectivity index (χ3v) is 3.23. The van der Waals surface area contributed by atoms with Crippen molar-refractivity contribution in [2.75, 3.05) is 10.7 Å². The molecule has 2 aromatic carbocycles. The number of halogens is 2. The number of nitrogens with zero attached hydrogens (tertiary/aromatic N) is 1. The highest BCUT2D eigenvalue weighted by Crippen LogP contribution is 2.22. The minimum Gasteiger partial charge on any atom is -0.307 e. The molecule has 0 aliphatic carbocycles. The van der Waals surface area contributed by atoms with E-state index in [1.807, 2.05) is 0 Å². The molecule has 22 heavy (non-hydrogen) atoms. The van der Waals surface area contributed by atoms with Crippen molar-refractivity contribution in [2.45, 2.75) is 0 Å². The molecule has 0 unspecified atom stereocenters. The molecule has 114 valence electrons. The van der Waals surface area contributed by atoms with E-state index < -0.39 is 16.8 Å². The quantitative estimate of drug-likeness (QED) is 0.566. The van der Waals surface area contributed by atoms with Gasteiger partial charge in [-0.2, -0.15) is 0 Å². The fraction of sp³-hybridized carbons (Fsp3) is 0. The molecule has 0 saturated heterocycles. The van der Waals surface area contributed by atoms with Gasteiger partial charge in [-0.1, -0.05) is 0 Å². The van der Waals surface area contributed by atoms with E-state index >= 15 is 0 Å². The summed E-state index contributed by atoms with van der Waals surface area (Å²) in [4.78, 5) is 21.7. The van der Waals surface area contributed by atoms with E-state index in [1.165, 1.54) is 42.5 Å². The number of carbonyl (C=O) groups excluding carboxylic acids is 1. The number of benzene rings is 2. The summed E-state index contributed by atoms with van der Waals surface area (Å²) in [6.45, 7) is 0. The Morgan fingerprint density at radius 2 is 1.86 bits per heavy atom. The molecule has 0 aliphatic heterocycles. The van der Waals surface area contributed by atoms with Gasteiger partial charge in [-0.15, -0.1) is 0 Å². The lowest BCUT2D eigenvalue weighted by molar-refractivity contribution is -0.384. The maximum Gasteiger partial charge on any atom is 0.337 e. The first-order valence-electron chi connectivity index (χ1n) is 5.98. The molecule has 0 bridgehead atoms. The van der Waals surface area contributed by atoms with E-state index in [9.17, 15) is 19.3 Å². The molecule has 2 aromatic rings. The van der Waals surface area contributed by atoms with E-state index in [4.69, 9.17) is 0 Å². The zero-order valence-corrected chi connectivity index (χ0v) is 12.6. The number of amides is 2. The monoisotopic (exact) mass is 368 g/mol. The van der Waals surface area contributed by atoms with Crippen LogP contribution in [0, 0.1) is 15.9 Å². The summed E-state index contributed by atoms with van der Waals surface area (Å²) in [6.07, 6.45) is 0. The van der Waals surface area contributed by atoms with Crippen LogP contribution in [0.15, 0.2) is 46.9 Å². The van der Waals surface area contributed by atoms with E-state index in [-0.39, 0.29) is 5.69 Å². The van der Waals surface area contributed by atoms with E-state index in [0.717, 1.165) is 0 Å². The van der Waals surface area contributed by atoms with Gasteiger partial charge < -0.3 is 5.32 Å². The molecule has 0 aromatic heterocycles. The molecule has 0 atom stereocenters. The van der Waals surface area contributed by atoms with Crippen LogP contribution in [0.3, 0.4) is 0 Å². The Hall–Kier alpha value is -2.68. The van der Waals surface area contributed by atoms with Gasteiger partial charge >= 0.3 is 6.03 Å². The summed E-state index contributed by atoms with van der Waals surface area (Å²) in [5.41, 5.74) is 5.76. The van der Waals surface area contributed by atoms with Crippen LogP contribution in [-0.4, -0.2) is 11.0 Å². The predicted octanol–water partition coefficient (Wildman–Crippen LogP) is 3.65. The maximum atomic E-state index is 12.9. The number of hydrogen-bond acceptors (Lipinski definition) is 4. The van der Waals surface area contributed by atoms with Crippen LogP contribution in [0.5, 0.6) is 0 Å². The largest absolute Gasteiger partial charge is 0.337 e. The van der Waals surface area contributed by atoms with Gasteiger partial charge in [0.1, 0.15) is 5.82 Å². The molecule has 0 radical (unpaired) electrons. The number of urea groups is 1. The average Bonchev–Trinajstić information content (AvgIpc) is 2.47. The van der Waals surface area contributed by atoms with Gasteiger partial charge in [0.2, 0.25) is 0 Å². The number of nitro benzene ring substituents is 1. The smallest absolute Gasteiger partial charge is 0.307 e. The molecule has 0 aliphatic rings. The topological polar surface area (TPSA) is 96.3 Å². The van der Waals surface area contributed by atoms with Crippen molar-refractivity contribution in [2.24, 2.45) is 0 Å². The SMILES string of the molecule is O=C(NNc1ccc(F)cc1Br)Nc1ccc([N+](=O)[O-])cc1. The second kappa shape index (κ2) is 6.85. The van der Waals surface area contributed by atoms with Crippen molar-refractivity contribution in [1.82, 2.24) is 5.43 Å². The Labute approximate surface area is 132 Å². The van der Waals surface area contributed by atoms with Crippen LogP contribution in [-0.2, 0) is 0 Å². The second-order valence-corrected chi connectivity index (χ2v) is 4.99. The van der Waals surface area contributed by atoms with Gasteiger partial charge in [-0.05, 0) is 46.3 Å². The van der Waals surface area contributed by atoms with Crippen molar-refractivity contribution in [3.63, 3.8) is 0 Å². The summed E-state index contributed by atoms with van der Waals surface area (Å²) in [5, 5.41) is 13.0. The first-order chi connectivity index (χ1) is 10.5. The zero-order valence-electron chi connectivity index (χ0n) is 11.0. The molecule has 3 N–H and O–H groups in total. The van der Waals surface area contributed by atoms with E-state index in [0.29, 0.717) is 15.8 Å². The number of nitro groups is 1. The molecule has 2 amide bonds. The molecule has 0 saturated carbocycles. The number of nitrogens with one attached hydrogen (secondary N) is 3. The molecule has 9 heteroatoms. The summed E-state index contributed by atoms with van der Waals surface area (Å²) in [7, 11) is 0. The maximum absolute atomic E-state index is 12.9. The predicted molar refractivity (Wildman–Crippen MR) is 83.0 cm³/mol. The summed E-state index contributed by atoms with van der Waals surface area (Å²) >= 11 is 3.15. The fourth-order valence-electron chi connectivity index (χ4n) is 1.54. The standard InChI is InChI=1S/C13H10BrFN4O3/c14-11-7-8(15)1-6-12(11)17-18-13(20)16-9-2-4-10(5-3-9)19(21)22/h1-7,17H,(H2,16,18,20). The first kappa shape index (κ1) is 15.7. The van der Waals surface area contributed by atoms with Crippen LogP contribution in [0.1, 0.15) is 0 Å². The third-order valence-electron chi connectivity index (χ3n) is 2.58. The number of hydrogen-bond donors (Lipinski definition) is 3. The summed E-state index contributed by atoms with van der Waals surface area (Å²) in [5.74, 6) is -0.409. The average molecular weight is 369 g/mol. The van der Waals surface area contributed by atoms with Crippen molar-refractivity contribution >= 4 is 39.0 Å². The zero-order chi connectivity index (χ0) is 16.1. The minimum atomic E-state index is -0.579. The molecule has 0 fully saturated rings. The first-order valence-corrected chi connectivity index (χ1v) is 6.77. The Kier molecular flexibility index (Phi) is 4.89. The molecular weight excluding hydrogens is 359 g/mol. The Morgan fingerprint density at radius 3 is 2.45 bits per heavy atom. The van der Waals surface area contributed by atoms with Crippen LogP contribution >= 0.6 is 15.9 Å². The highest BCUT2D eigenvalue weighted by atomic mass is 79.9. The third kappa shape index (κ3) is 4.16. The Morgan fingerprint density at radius 1 is 1.18 bits per heavy atom. The van der Waals surface area contributed by atoms with Gasteiger partial charge in [0, 0.05) is 22.3 Å². The number of rotatable bonds is 4. The number of hydrazine groups is 1. The second-order valence-electron chi connectivity index (χ2n) is 4.13. The Balaban J connectivity index is 1.91. The number of carbonyl (C=O) groups is 1. The fourth-order valence-corrected chi connectivity index (χ4v) is 1.99. The highest BCUT2D eigenvalue weighted by Gasteiger charge is 2.07. The lowest BCUT2D eigenvalue weighted by Crippen LogP contribution is -2.33. The van der Waals surface area contributed by atoms with Gasteiger partial charge in [-0.25, -0.2) is 9.18 Å². The Bertz CT molecular complexity index is 709. The molecule has 7 nitrogen and oxygen atoms in total. The molecule has 0 heterocycles. The van der Waals surface area contributed by atoms with Crippen molar-refractivity contribution in [1.29, 1.82) is 0 Å². The number of non-ortho nitro benzene ring substituents is 1. The minimum absolute atomic E-state index is 0.0701. The normalized spacial score (nSPS) is 9.91. The molecular formula is C13H10BrFN4O3.